The third-order valence-corrected chi connectivity index (χ3v) is 5.66. The van der Waals surface area contributed by atoms with Crippen molar-refractivity contribution in [1.82, 2.24) is 14.8 Å². The number of hydrogen-bond donors (Lipinski definition) is 3. The van der Waals surface area contributed by atoms with Crippen LogP contribution in [0.5, 0.6) is 11.5 Å². The summed E-state index contributed by atoms with van der Waals surface area (Å²) in [6.45, 7) is 7.72. The molecule has 4 rings (SSSR count). The molecular formula is C24H31N3O4. The number of aromatic nitrogens is 1. The lowest BCUT2D eigenvalue weighted by molar-refractivity contribution is 0.0693. The minimum Gasteiger partial charge on any atom is -0.507 e. The number of aromatic amines is 1. The summed E-state index contributed by atoms with van der Waals surface area (Å²) in [6, 6.07) is 10.1. The lowest BCUT2D eigenvalue weighted by Crippen LogP contribution is -2.28. The summed E-state index contributed by atoms with van der Waals surface area (Å²) >= 11 is 0. The number of carboxylic acid groups (broad SMARTS) is 1. The zero-order chi connectivity index (χ0) is 22.4. The number of nitrogens with zero attached hydrogens (tertiary/aromatic N) is 2. The molecule has 0 saturated carbocycles. The van der Waals surface area contributed by atoms with E-state index in [-0.39, 0.29) is 11.3 Å². The van der Waals surface area contributed by atoms with Crippen LogP contribution in [0.25, 0.3) is 10.9 Å². The summed E-state index contributed by atoms with van der Waals surface area (Å²) in [5.41, 5.74) is 3.72. The molecule has 0 amide bonds. The molecule has 0 spiro atoms. The summed E-state index contributed by atoms with van der Waals surface area (Å²) in [5.74, 6) is -0.301. The monoisotopic (exact) mass is 425 g/mol. The predicted molar refractivity (Wildman–Crippen MR) is 122 cm³/mol. The van der Waals surface area contributed by atoms with Crippen molar-refractivity contribution < 1.29 is 19.7 Å². The molecule has 0 unspecified atom stereocenters. The normalized spacial score (nSPS) is 15.2. The number of para-hydroxylation sites is 1. The molecule has 3 aromatic rings. The molecule has 0 atom stereocenters. The van der Waals surface area contributed by atoms with Crippen molar-refractivity contribution in [2.45, 2.75) is 19.9 Å². The molecule has 1 aliphatic heterocycles. The highest BCUT2D eigenvalue weighted by molar-refractivity contribution is 5.90. The molecule has 0 radical (unpaired) electrons. The van der Waals surface area contributed by atoms with Crippen LogP contribution in [0, 0.1) is 6.92 Å². The first-order valence-corrected chi connectivity index (χ1v) is 10.5. The number of H-pyrrole nitrogens is 1. The molecule has 2 aromatic carbocycles. The number of rotatable bonds is 4. The van der Waals surface area contributed by atoms with Gasteiger partial charge >= 0.3 is 5.97 Å². The Hall–Kier alpha value is -3.03. The van der Waals surface area contributed by atoms with Gasteiger partial charge in [-0.05, 0) is 63.3 Å². The third-order valence-electron chi connectivity index (χ3n) is 5.66. The van der Waals surface area contributed by atoms with Crippen molar-refractivity contribution in [1.29, 1.82) is 0 Å². The Bertz CT molecular complexity index is 1030. The first kappa shape index (κ1) is 22.7. The van der Waals surface area contributed by atoms with E-state index in [1.54, 1.807) is 19.2 Å². The Morgan fingerprint density at radius 2 is 1.94 bits per heavy atom. The van der Waals surface area contributed by atoms with Crippen LogP contribution in [-0.2, 0) is 6.54 Å². The average Bonchev–Trinajstić information content (AvgIpc) is 3.16. The molecule has 2 heterocycles. The van der Waals surface area contributed by atoms with Crippen LogP contribution in [0.15, 0.2) is 42.6 Å². The Morgan fingerprint density at radius 3 is 2.61 bits per heavy atom. The zero-order valence-corrected chi connectivity index (χ0v) is 18.4. The summed E-state index contributed by atoms with van der Waals surface area (Å²) in [7, 11) is 3.98. The van der Waals surface area contributed by atoms with E-state index in [4.69, 9.17) is 14.9 Å². The number of aromatic carboxylic acids is 1. The lowest BCUT2D eigenvalue weighted by Gasteiger charge is -2.22. The number of benzene rings is 2. The van der Waals surface area contributed by atoms with Crippen molar-refractivity contribution >= 4 is 16.9 Å². The van der Waals surface area contributed by atoms with Crippen molar-refractivity contribution in [3.05, 3.63) is 59.3 Å². The van der Waals surface area contributed by atoms with Crippen molar-refractivity contribution in [3.8, 4) is 11.5 Å². The molecule has 7 nitrogen and oxygen atoms in total. The van der Waals surface area contributed by atoms with Crippen LogP contribution in [0.3, 0.4) is 0 Å². The van der Waals surface area contributed by atoms with E-state index >= 15 is 0 Å². The van der Waals surface area contributed by atoms with E-state index in [0.29, 0.717) is 0 Å². The van der Waals surface area contributed by atoms with Gasteiger partial charge in [0.2, 0.25) is 0 Å². The summed E-state index contributed by atoms with van der Waals surface area (Å²) < 4.78 is 5.65. The van der Waals surface area contributed by atoms with Gasteiger partial charge in [-0.1, -0.05) is 12.1 Å². The number of hydrogen-bond acceptors (Lipinski definition) is 5. The van der Waals surface area contributed by atoms with Crippen LogP contribution < -0.4 is 4.74 Å². The molecule has 3 N–H and O–H groups in total. The summed E-state index contributed by atoms with van der Waals surface area (Å²) in [6.07, 6.45) is 3.26. The molecule has 1 fully saturated rings. The lowest BCUT2D eigenvalue weighted by atomic mass is 10.0. The van der Waals surface area contributed by atoms with Crippen LogP contribution in [-0.4, -0.2) is 71.3 Å². The fourth-order valence-electron chi connectivity index (χ4n) is 3.92. The zero-order valence-electron chi connectivity index (χ0n) is 18.4. The topological polar surface area (TPSA) is 89.0 Å². The SMILES string of the molecule is COc1cc(C)c2[nH]ccc2c1CN1CCCN(C)CC1.O=C(O)c1ccccc1O. The highest BCUT2D eigenvalue weighted by Crippen LogP contribution is 2.31. The van der Waals surface area contributed by atoms with E-state index in [2.05, 4.69) is 40.9 Å². The second-order valence-electron chi connectivity index (χ2n) is 7.90. The Morgan fingerprint density at radius 1 is 1.16 bits per heavy atom. The van der Waals surface area contributed by atoms with Gasteiger partial charge in [0.05, 0.1) is 7.11 Å². The fraction of sp³-hybridized carbons (Fsp3) is 0.375. The number of phenols is 1. The Labute approximate surface area is 182 Å². The van der Waals surface area contributed by atoms with Crippen LogP contribution in [0.1, 0.15) is 27.9 Å². The van der Waals surface area contributed by atoms with Crippen molar-refractivity contribution in [3.63, 3.8) is 0 Å². The largest absolute Gasteiger partial charge is 0.507 e. The van der Waals surface area contributed by atoms with E-state index < -0.39 is 5.97 Å². The van der Waals surface area contributed by atoms with E-state index in [1.807, 2.05) is 6.20 Å². The van der Waals surface area contributed by atoms with Gasteiger partial charge in [0.15, 0.2) is 0 Å². The first-order valence-electron chi connectivity index (χ1n) is 10.5. The Kier molecular flexibility index (Phi) is 7.55. The van der Waals surface area contributed by atoms with E-state index in [9.17, 15) is 4.79 Å². The number of ether oxygens (including phenoxy) is 1. The number of carbonyl (C=O) groups is 1. The maximum absolute atomic E-state index is 10.3. The molecule has 7 heteroatoms. The minimum absolute atomic E-state index is 0.0671. The minimum atomic E-state index is -1.11. The smallest absolute Gasteiger partial charge is 0.339 e. The predicted octanol–water partition coefficient (Wildman–Crippen LogP) is 3.71. The number of fused-ring (bicyclic) bond motifs is 1. The van der Waals surface area contributed by atoms with E-state index in [0.717, 1.165) is 31.9 Å². The highest BCUT2D eigenvalue weighted by Gasteiger charge is 2.17. The van der Waals surface area contributed by atoms with E-state index in [1.165, 1.54) is 47.1 Å². The molecular weight excluding hydrogens is 394 g/mol. The quantitative estimate of drug-likeness (QED) is 0.591. The number of carboxylic acids is 1. The van der Waals surface area contributed by atoms with Gasteiger partial charge < -0.3 is 24.8 Å². The molecule has 0 aliphatic carbocycles. The summed E-state index contributed by atoms with van der Waals surface area (Å²) in [5, 5.41) is 18.6. The number of aromatic hydroxyl groups is 1. The summed E-state index contributed by atoms with van der Waals surface area (Å²) in [4.78, 5) is 18.6. The van der Waals surface area contributed by atoms with Gasteiger partial charge in [-0.15, -0.1) is 0 Å². The first-order chi connectivity index (χ1) is 14.9. The van der Waals surface area contributed by atoms with Crippen molar-refractivity contribution in [2.24, 2.45) is 0 Å². The van der Waals surface area contributed by atoms with Gasteiger partial charge in [-0.3, -0.25) is 4.90 Å². The number of nitrogens with one attached hydrogen (secondary N) is 1. The highest BCUT2D eigenvalue weighted by atomic mass is 16.5. The van der Waals surface area contributed by atoms with Crippen LogP contribution >= 0.6 is 0 Å². The van der Waals surface area contributed by atoms with Gasteiger partial charge in [-0.2, -0.15) is 0 Å². The second-order valence-corrected chi connectivity index (χ2v) is 7.90. The maximum atomic E-state index is 10.3. The molecule has 1 aromatic heterocycles. The fourth-order valence-corrected chi connectivity index (χ4v) is 3.92. The molecule has 1 saturated heterocycles. The number of aryl methyl sites for hydroxylation is 1. The molecule has 31 heavy (non-hydrogen) atoms. The molecule has 166 valence electrons. The van der Waals surface area contributed by atoms with Gasteiger partial charge in [0, 0.05) is 42.3 Å². The van der Waals surface area contributed by atoms with Crippen molar-refractivity contribution in [2.75, 3.05) is 40.3 Å². The van der Waals surface area contributed by atoms with Gasteiger partial charge in [0.1, 0.15) is 17.1 Å². The van der Waals surface area contributed by atoms with Crippen LogP contribution in [0.4, 0.5) is 0 Å². The third kappa shape index (κ3) is 5.57. The number of likely N-dealkylation sites (N-methyl/N-ethyl adjacent to an activating group) is 1. The molecule has 0 bridgehead atoms. The number of methoxy groups -OCH3 is 1. The molecule has 1 aliphatic rings. The average molecular weight is 426 g/mol. The second kappa shape index (κ2) is 10.3. The maximum Gasteiger partial charge on any atom is 0.339 e. The van der Waals surface area contributed by atoms with Gasteiger partial charge in [-0.25, -0.2) is 4.79 Å². The van der Waals surface area contributed by atoms with Gasteiger partial charge in [0.25, 0.3) is 0 Å². The standard InChI is InChI=1S/C17H25N3O.C7H6O3/c1-13-11-16(21-3)15(14-5-6-18-17(13)14)12-20-8-4-7-19(2)9-10-20;8-6-4-2-1-3-5(6)7(9)10/h5-6,11,18H,4,7-10,12H2,1-3H3;1-4,8H,(H,9,10). The Balaban J connectivity index is 0.000000229. The van der Waals surface area contributed by atoms with Crippen LogP contribution in [0.2, 0.25) is 0 Å².